The minimum atomic E-state index is -0.345. The van der Waals surface area contributed by atoms with Crippen LogP contribution < -0.4 is 5.32 Å². The Kier molecular flexibility index (Phi) is 4.92. The fourth-order valence-corrected chi connectivity index (χ4v) is 2.71. The molecule has 0 bridgehead atoms. The smallest absolute Gasteiger partial charge is 0.243 e. The van der Waals surface area contributed by atoms with Crippen molar-refractivity contribution in [3.05, 3.63) is 47.4 Å². The van der Waals surface area contributed by atoms with E-state index in [1.165, 1.54) is 12.1 Å². The third-order valence-corrected chi connectivity index (χ3v) is 4.14. The van der Waals surface area contributed by atoms with Gasteiger partial charge in [-0.05, 0) is 31.5 Å². The molecule has 0 radical (unpaired) electrons. The van der Waals surface area contributed by atoms with Crippen molar-refractivity contribution in [1.29, 1.82) is 0 Å². The molecule has 2 aromatic rings. The van der Waals surface area contributed by atoms with Crippen molar-refractivity contribution in [3.8, 4) is 0 Å². The van der Waals surface area contributed by atoms with Gasteiger partial charge >= 0.3 is 0 Å². The molecule has 1 amide bonds. The van der Waals surface area contributed by atoms with Gasteiger partial charge < -0.3 is 9.26 Å². The van der Waals surface area contributed by atoms with E-state index < -0.39 is 0 Å². The number of carbonyl (C=O) groups is 1. The first-order valence-corrected chi connectivity index (χ1v) is 7.88. The van der Waals surface area contributed by atoms with Crippen molar-refractivity contribution < 1.29 is 18.4 Å². The minimum Gasteiger partial charge on any atom is -0.371 e. The van der Waals surface area contributed by atoms with E-state index in [1.54, 1.807) is 25.1 Å². The molecule has 1 aromatic heterocycles. The van der Waals surface area contributed by atoms with Gasteiger partial charge in [-0.15, -0.1) is 0 Å². The zero-order valence-corrected chi connectivity index (χ0v) is 13.7. The fourth-order valence-electron chi connectivity index (χ4n) is 2.71. The first-order valence-electron chi connectivity index (χ1n) is 7.88. The molecule has 128 valence electrons. The number of aryl methyl sites for hydroxylation is 1. The second kappa shape index (κ2) is 7.11. The number of benzene rings is 1. The lowest BCUT2D eigenvalue weighted by Gasteiger charge is -2.36. The SMILES string of the molecule is Cc1cc(NC(=O)C(C)N2CCOC(c3ccc(F)cc3)C2)on1. The molecule has 3 rings (SSSR count). The maximum atomic E-state index is 13.1. The predicted octanol–water partition coefficient (Wildman–Crippen LogP) is 2.52. The number of nitrogens with one attached hydrogen (secondary N) is 1. The van der Waals surface area contributed by atoms with Crippen molar-refractivity contribution in [2.75, 3.05) is 25.0 Å². The molecule has 0 saturated carbocycles. The van der Waals surface area contributed by atoms with Crippen molar-refractivity contribution in [1.82, 2.24) is 10.1 Å². The highest BCUT2D eigenvalue weighted by Gasteiger charge is 2.29. The van der Waals surface area contributed by atoms with Gasteiger partial charge in [0.2, 0.25) is 11.8 Å². The van der Waals surface area contributed by atoms with Crippen LogP contribution in [0, 0.1) is 12.7 Å². The fraction of sp³-hybridized carbons (Fsp3) is 0.412. The predicted molar refractivity (Wildman–Crippen MR) is 86.0 cm³/mol. The Balaban J connectivity index is 1.62. The van der Waals surface area contributed by atoms with Crippen LogP contribution in [-0.2, 0) is 9.53 Å². The second-order valence-corrected chi connectivity index (χ2v) is 5.90. The number of morpholine rings is 1. The minimum absolute atomic E-state index is 0.161. The lowest BCUT2D eigenvalue weighted by Crippen LogP contribution is -2.48. The van der Waals surface area contributed by atoms with Crippen LogP contribution in [0.25, 0.3) is 0 Å². The van der Waals surface area contributed by atoms with Crippen molar-refractivity contribution in [2.24, 2.45) is 0 Å². The Bertz CT molecular complexity index is 701. The Morgan fingerprint density at radius 1 is 1.42 bits per heavy atom. The Labute approximate surface area is 139 Å². The Morgan fingerprint density at radius 2 is 2.17 bits per heavy atom. The van der Waals surface area contributed by atoms with Gasteiger partial charge in [-0.3, -0.25) is 15.0 Å². The molecule has 1 saturated heterocycles. The molecule has 2 heterocycles. The number of aromatic nitrogens is 1. The Hall–Kier alpha value is -2.25. The van der Waals surface area contributed by atoms with Crippen LogP contribution >= 0.6 is 0 Å². The van der Waals surface area contributed by atoms with Crippen LogP contribution in [0.2, 0.25) is 0 Å². The molecule has 2 atom stereocenters. The van der Waals surface area contributed by atoms with Gasteiger partial charge in [0.15, 0.2) is 0 Å². The molecule has 1 N–H and O–H groups in total. The highest BCUT2D eigenvalue weighted by molar-refractivity contribution is 5.93. The summed E-state index contributed by atoms with van der Waals surface area (Å²) in [5.41, 5.74) is 1.61. The third kappa shape index (κ3) is 3.80. The van der Waals surface area contributed by atoms with Crippen LogP contribution in [0.5, 0.6) is 0 Å². The maximum Gasteiger partial charge on any atom is 0.243 e. The lowest BCUT2D eigenvalue weighted by molar-refractivity contribution is -0.124. The van der Waals surface area contributed by atoms with Crippen LogP contribution in [0.15, 0.2) is 34.9 Å². The number of carbonyl (C=O) groups excluding carboxylic acids is 1. The highest BCUT2D eigenvalue weighted by atomic mass is 19.1. The average molecular weight is 333 g/mol. The molecule has 0 spiro atoms. The van der Waals surface area contributed by atoms with Gasteiger partial charge in [0.1, 0.15) is 5.82 Å². The summed E-state index contributed by atoms with van der Waals surface area (Å²) in [6, 6.07) is 7.59. The Morgan fingerprint density at radius 3 is 2.83 bits per heavy atom. The molecule has 1 aromatic carbocycles. The first kappa shape index (κ1) is 16.6. The normalized spacial score (nSPS) is 19.9. The first-order chi connectivity index (χ1) is 11.5. The summed E-state index contributed by atoms with van der Waals surface area (Å²) in [7, 11) is 0. The summed E-state index contributed by atoms with van der Waals surface area (Å²) >= 11 is 0. The van der Waals surface area contributed by atoms with E-state index in [2.05, 4.69) is 10.5 Å². The second-order valence-electron chi connectivity index (χ2n) is 5.90. The van der Waals surface area contributed by atoms with Gasteiger partial charge in [0.05, 0.1) is 24.4 Å². The monoisotopic (exact) mass is 333 g/mol. The number of amides is 1. The summed E-state index contributed by atoms with van der Waals surface area (Å²) in [4.78, 5) is 14.4. The standard InChI is InChI=1S/C17H20FN3O3/c1-11-9-16(24-20-11)19-17(22)12(2)21-7-8-23-15(10-21)13-3-5-14(18)6-4-13/h3-6,9,12,15H,7-8,10H2,1-2H3,(H,19,22). The summed E-state index contributed by atoms with van der Waals surface area (Å²) in [6.07, 6.45) is -0.179. The third-order valence-electron chi connectivity index (χ3n) is 4.14. The van der Waals surface area contributed by atoms with Gasteiger partial charge in [-0.2, -0.15) is 0 Å². The van der Waals surface area contributed by atoms with Crippen LogP contribution in [0.1, 0.15) is 24.3 Å². The molecule has 24 heavy (non-hydrogen) atoms. The van der Waals surface area contributed by atoms with E-state index in [9.17, 15) is 9.18 Å². The lowest BCUT2D eigenvalue weighted by atomic mass is 10.1. The summed E-state index contributed by atoms with van der Waals surface area (Å²) in [6.45, 7) is 5.36. The van der Waals surface area contributed by atoms with E-state index in [-0.39, 0.29) is 23.9 Å². The summed E-state index contributed by atoms with van der Waals surface area (Å²) in [5, 5.41) is 6.47. The number of hydrogen-bond acceptors (Lipinski definition) is 5. The number of nitrogens with zero attached hydrogens (tertiary/aromatic N) is 2. The number of anilines is 1. The quantitative estimate of drug-likeness (QED) is 0.931. The van der Waals surface area contributed by atoms with Gasteiger partial charge in [0, 0.05) is 19.2 Å². The van der Waals surface area contributed by atoms with E-state index >= 15 is 0 Å². The summed E-state index contributed by atoms with van der Waals surface area (Å²) < 4.78 is 23.8. The van der Waals surface area contributed by atoms with Crippen molar-refractivity contribution in [3.63, 3.8) is 0 Å². The van der Waals surface area contributed by atoms with Crippen molar-refractivity contribution >= 4 is 11.8 Å². The molecule has 1 aliphatic heterocycles. The largest absolute Gasteiger partial charge is 0.371 e. The topological polar surface area (TPSA) is 67.6 Å². The van der Waals surface area contributed by atoms with E-state index in [0.717, 1.165) is 5.56 Å². The van der Waals surface area contributed by atoms with Crippen molar-refractivity contribution in [2.45, 2.75) is 26.0 Å². The maximum absolute atomic E-state index is 13.1. The zero-order valence-electron chi connectivity index (χ0n) is 13.7. The number of rotatable bonds is 4. The van der Waals surface area contributed by atoms with E-state index in [1.807, 2.05) is 11.8 Å². The zero-order chi connectivity index (χ0) is 17.1. The average Bonchev–Trinajstić information content (AvgIpc) is 3.00. The van der Waals surface area contributed by atoms with Crippen LogP contribution in [0.3, 0.4) is 0 Å². The van der Waals surface area contributed by atoms with Gasteiger partial charge in [-0.1, -0.05) is 17.3 Å². The van der Waals surface area contributed by atoms with E-state index in [4.69, 9.17) is 9.26 Å². The number of ether oxygens (including phenoxy) is 1. The number of hydrogen-bond donors (Lipinski definition) is 1. The number of halogens is 1. The highest BCUT2D eigenvalue weighted by Crippen LogP contribution is 2.24. The molecule has 1 aliphatic rings. The molecule has 2 unspecified atom stereocenters. The van der Waals surface area contributed by atoms with Crippen LogP contribution in [0.4, 0.5) is 10.3 Å². The molecule has 7 heteroatoms. The van der Waals surface area contributed by atoms with E-state index in [0.29, 0.717) is 31.3 Å². The van der Waals surface area contributed by atoms with Gasteiger partial charge in [0.25, 0.3) is 0 Å². The molecule has 6 nitrogen and oxygen atoms in total. The molecule has 1 fully saturated rings. The summed E-state index contributed by atoms with van der Waals surface area (Å²) in [5.74, 6) is -0.0971. The molecular formula is C17H20FN3O3. The molecule has 0 aliphatic carbocycles. The van der Waals surface area contributed by atoms with Crippen LogP contribution in [-0.4, -0.2) is 41.7 Å². The van der Waals surface area contributed by atoms with Gasteiger partial charge in [-0.25, -0.2) is 4.39 Å². The molecular weight excluding hydrogens is 313 g/mol.